The van der Waals surface area contributed by atoms with Crippen LogP contribution in [0.1, 0.15) is 38.5 Å². The monoisotopic (exact) mass is 370 g/mol. The molecule has 7 fully saturated rings. The van der Waals surface area contributed by atoms with Gasteiger partial charge in [0.2, 0.25) is 11.8 Å². The molecule has 4 nitrogen and oxygen atoms in total. The molecule has 0 saturated heterocycles. The minimum Gasteiger partial charge on any atom is -0.347 e. The van der Waals surface area contributed by atoms with E-state index in [1.54, 1.807) is 0 Å². The highest BCUT2D eigenvalue weighted by molar-refractivity contribution is 6.27. The van der Waals surface area contributed by atoms with Crippen LogP contribution in [-0.4, -0.2) is 34.7 Å². The Labute approximate surface area is 152 Å². The summed E-state index contributed by atoms with van der Waals surface area (Å²) in [5.41, 5.74) is -0.602. The van der Waals surface area contributed by atoms with Crippen molar-refractivity contribution in [1.82, 2.24) is 10.6 Å². The van der Waals surface area contributed by atoms with Gasteiger partial charge in [-0.2, -0.15) is 0 Å². The standard InChI is InChI=1S/C18H24Cl2N2O2/c19-7-15(23)21-17-5-9-1-11-12-2-10(4-13(11)17)6-18(17,14(12)3-9)22-16(24)8-20/h9-14H,1-8H2,(H,21,23)(H,22,24). The molecule has 8 unspecified atom stereocenters. The second-order valence-electron chi connectivity index (χ2n) is 8.93. The fourth-order valence-electron chi connectivity index (χ4n) is 8.09. The van der Waals surface area contributed by atoms with E-state index in [4.69, 9.17) is 23.2 Å². The quantitative estimate of drug-likeness (QED) is 0.745. The van der Waals surface area contributed by atoms with E-state index < -0.39 is 0 Å². The number of carbonyl (C=O) groups is 2. The number of hydrogen-bond acceptors (Lipinski definition) is 2. The van der Waals surface area contributed by atoms with Gasteiger partial charge in [0.25, 0.3) is 0 Å². The summed E-state index contributed by atoms with van der Waals surface area (Å²) in [6.07, 6.45) is 7.01. The molecule has 24 heavy (non-hydrogen) atoms. The van der Waals surface area contributed by atoms with E-state index in [1.807, 2.05) is 0 Å². The van der Waals surface area contributed by atoms with Gasteiger partial charge < -0.3 is 10.6 Å². The Hall–Kier alpha value is -0.480. The topological polar surface area (TPSA) is 58.2 Å². The molecule has 0 aromatic rings. The van der Waals surface area contributed by atoms with Crippen molar-refractivity contribution in [3.05, 3.63) is 0 Å². The predicted molar refractivity (Wildman–Crippen MR) is 91.8 cm³/mol. The molecule has 6 heteroatoms. The lowest BCUT2D eigenvalue weighted by Gasteiger charge is -2.78. The Morgan fingerprint density at radius 3 is 1.58 bits per heavy atom. The van der Waals surface area contributed by atoms with Gasteiger partial charge in [-0.25, -0.2) is 0 Å². The molecule has 8 atom stereocenters. The first-order valence-corrected chi connectivity index (χ1v) is 10.3. The van der Waals surface area contributed by atoms with E-state index in [1.165, 1.54) is 25.7 Å². The van der Waals surface area contributed by atoms with Crippen molar-refractivity contribution >= 4 is 35.0 Å². The summed E-state index contributed by atoms with van der Waals surface area (Å²) in [5, 5.41) is 6.72. The third-order valence-corrected chi connectivity index (χ3v) is 8.71. The molecule has 2 amide bonds. The molecule has 132 valence electrons. The number of nitrogens with one attached hydrogen (secondary N) is 2. The van der Waals surface area contributed by atoms with Crippen molar-refractivity contribution in [2.45, 2.75) is 49.6 Å². The minimum absolute atomic E-state index is 0.0130. The molecule has 7 rings (SSSR count). The van der Waals surface area contributed by atoms with Gasteiger partial charge in [0.1, 0.15) is 11.8 Å². The third-order valence-electron chi connectivity index (χ3n) is 8.22. The lowest BCUT2D eigenvalue weighted by atomic mass is 9.30. The van der Waals surface area contributed by atoms with Crippen molar-refractivity contribution in [1.29, 1.82) is 0 Å². The average molecular weight is 371 g/mol. The molecular formula is C18H24Cl2N2O2. The van der Waals surface area contributed by atoms with E-state index in [-0.39, 0.29) is 34.7 Å². The van der Waals surface area contributed by atoms with Gasteiger partial charge in [0.05, 0.1) is 11.1 Å². The molecule has 0 aromatic heterocycles. The number of rotatable bonds is 4. The Kier molecular flexibility index (Phi) is 3.30. The van der Waals surface area contributed by atoms with Gasteiger partial charge in [-0.1, -0.05) is 0 Å². The SMILES string of the molecule is O=C(CCl)NC12CC3CC4C5CC(CC41)CC2(NC(=O)CCl)C5C3. The normalized spacial score (nSPS) is 52.6. The predicted octanol–water partition coefficient (Wildman–Crippen LogP) is 2.28. The number of hydrogen-bond donors (Lipinski definition) is 2. The first kappa shape index (κ1) is 15.7. The largest absolute Gasteiger partial charge is 0.347 e. The molecule has 8 bridgehead atoms. The van der Waals surface area contributed by atoms with Gasteiger partial charge in [-0.05, 0) is 74.0 Å². The zero-order valence-electron chi connectivity index (χ0n) is 13.7. The zero-order valence-corrected chi connectivity index (χ0v) is 15.2. The fourth-order valence-corrected chi connectivity index (χ4v) is 8.22. The van der Waals surface area contributed by atoms with Gasteiger partial charge in [-0.3, -0.25) is 9.59 Å². The maximum atomic E-state index is 12.3. The highest BCUT2D eigenvalue weighted by atomic mass is 35.5. The van der Waals surface area contributed by atoms with Gasteiger partial charge in [0.15, 0.2) is 0 Å². The second kappa shape index (κ2) is 5.03. The van der Waals surface area contributed by atoms with Crippen molar-refractivity contribution in [2.75, 3.05) is 11.8 Å². The Morgan fingerprint density at radius 2 is 1.21 bits per heavy atom. The number of amides is 2. The van der Waals surface area contributed by atoms with Crippen LogP contribution in [0, 0.1) is 35.5 Å². The summed E-state index contributed by atoms with van der Waals surface area (Å²) in [7, 11) is 0. The van der Waals surface area contributed by atoms with Crippen LogP contribution < -0.4 is 10.6 Å². The number of carbonyl (C=O) groups excluding carboxylic acids is 2. The maximum Gasteiger partial charge on any atom is 0.235 e. The summed E-state index contributed by atoms with van der Waals surface area (Å²) in [6.45, 7) is 0. The average Bonchev–Trinajstić information content (AvgIpc) is 2.58. The van der Waals surface area contributed by atoms with Gasteiger partial charge >= 0.3 is 0 Å². The van der Waals surface area contributed by atoms with Crippen molar-refractivity contribution < 1.29 is 9.59 Å². The molecule has 2 N–H and O–H groups in total. The molecule has 0 aliphatic heterocycles. The molecule has 7 aliphatic rings. The summed E-state index contributed by atoms with van der Waals surface area (Å²) in [4.78, 5) is 24.7. The Balaban J connectivity index is 1.64. The summed E-state index contributed by atoms with van der Waals surface area (Å²) < 4.78 is 0. The van der Waals surface area contributed by atoms with Crippen LogP contribution >= 0.6 is 23.2 Å². The fraction of sp³-hybridized carbons (Fsp3) is 0.889. The van der Waals surface area contributed by atoms with Crippen molar-refractivity contribution in [3.63, 3.8) is 0 Å². The molecular weight excluding hydrogens is 347 g/mol. The van der Waals surface area contributed by atoms with Crippen LogP contribution in [0.3, 0.4) is 0 Å². The number of alkyl halides is 2. The van der Waals surface area contributed by atoms with Crippen LogP contribution in [0.5, 0.6) is 0 Å². The van der Waals surface area contributed by atoms with Crippen molar-refractivity contribution in [3.8, 4) is 0 Å². The van der Waals surface area contributed by atoms with E-state index in [9.17, 15) is 9.59 Å². The van der Waals surface area contributed by atoms with Crippen LogP contribution in [0.15, 0.2) is 0 Å². The first-order valence-electron chi connectivity index (χ1n) is 9.27. The lowest BCUT2D eigenvalue weighted by molar-refractivity contribution is -0.245. The minimum atomic E-state index is -0.301. The Bertz CT molecular complexity index is 562. The highest BCUT2D eigenvalue weighted by Gasteiger charge is 2.77. The lowest BCUT2D eigenvalue weighted by Crippen LogP contribution is -2.88. The van der Waals surface area contributed by atoms with Crippen LogP contribution in [0.25, 0.3) is 0 Å². The first-order chi connectivity index (χ1) is 11.5. The maximum absolute atomic E-state index is 12.3. The van der Waals surface area contributed by atoms with E-state index >= 15 is 0 Å². The van der Waals surface area contributed by atoms with Crippen LogP contribution in [0.4, 0.5) is 0 Å². The highest BCUT2D eigenvalue weighted by Crippen LogP contribution is 2.73. The summed E-state index contributed by atoms with van der Waals surface area (Å²) in [5.74, 6) is 3.56. The molecule has 7 aliphatic carbocycles. The zero-order chi connectivity index (χ0) is 16.7. The van der Waals surface area contributed by atoms with Gasteiger partial charge in [0, 0.05) is 0 Å². The van der Waals surface area contributed by atoms with E-state index in [0.717, 1.165) is 24.7 Å². The number of halogens is 2. The molecule has 0 spiro atoms. The molecule has 7 saturated carbocycles. The van der Waals surface area contributed by atoms with Crippen LogP contribution in [-0.2, 0) is 9.59 Å². The summed E-state index contributed by atoms with van der Waals surface area (Å²) >= 11 is 11.7. The van der Waals surface area contributed by atoms with E-state index in [0.29, 0.717) is 23.7 Å². The Morgan fingerprint density at radius 1 is 0.792 bits per heavy atom. The molecule has 0 aromatic carbocycles. The van der Waals surface area contributed by atoms with Crippen LogP contribution in [0.2, 0.25) is 0 Å². The smallest absolute Gasteiger partial charge is 0.235 e. The van der Waals surface area contributed by atoms with Gasteiger partial charge in [-0.15, -0.1) is 23.2 Å². The summed E-state index contributed by atoms with van der Waals surface area (Å²) in [6, 6.07) is 0. The third kappa shape index (κ3) is 1.72. The molecule has 0 heterocycles. The van der Waals surface area contributed by atoms with E-state index in [2.05, 4.69) is 10.6 Å². The second-order valence-corrected chi connectivity index (χ2v) is 9.46. The van der Waals surface area contributed by atoms with Crippen molar-refractivity contribution in [2.24, 2.45) is 35.5 Å². The molecule has 0 radical (unpaired) electrons.